The average Bonchev–Trinajstić information content (AvgIpc) is 2.50. The molecule has 3 nitrogen and oxygen atoms in total. The van der Waals surface area contributed by atoms with E-state index in [-0.39, 0.29) is 23.7 Å². The van der Waals surface area contributed by atoms with Crippen LogP contribution in [0.3, 0.4) is 0 Å². The van der Waals surface area contributed by atoms with E-state index < -0.39 is 0 Å². The standard InChI is InChI=1S/C16H23NO2S/c1-12(10-18)11-20-13(2)16(19)17-8-7-14-5-3-4-6-15(14)9-17/h3-6,12-13,18H,7-11H2,1-2H3. The Morgan fingerprint density at radius 3 is 2.75 bits per heavy atom. The van der Waals surface area contributed by atoms with Gasteiger partial charge in [0.05, 0.1) is 5.25 Å². The van der Waals surface area contributed by atoms with Gasteiger partial charge in [-0.2, -0.15) is 0 Å². The highest BCUT2D eigenvalue weighted by molar-refractivity contribution is 8.00. The SMILES string of the molecule is CC(CO)CSC(C)C(=O)N1CCc2ccccc2C1. The lowest BCUT2D eigenvalue weighted by atomic mass is 10.00. The Labute approximate surface area is 125 Å². The first-order valence-electron chi connectivity index (χ1n) is 7.20. The summed E-state index contributed by atoms with van der Waals surface area (Å²) >= 11 is 1.64. The van der Waals surface area contributed by atoms with Crippen LogP contribution in [-0.2, 0) is 17.8 Å². The van der Waals surface area contributed by atoms with Gasteiger partial charge in [-0.15, -0.1) is 11.8 Å². The van der Waals surface area contributed by atoms with Crippen molar-refractivity contribution in [3.05, 3.63) is 35.4 Å². The van der Waals surface area contributed by atoms with Gasteiger partial charge in [-0.1, -0.05) is 31.2 Å². The lowest BCUT2D eigenvalue weighted by Gasteiger charge is -2.31. The van der Waals surface area contributed by atoms with Gasteiger partial charge in [-0.3, -0.25) is 4.79 Å². The van der Waals surface area contributed by atoms with Gasteiger partial charge in [0, 0.05) is 19.7 Å². The zero-order valence-electron chi connectivity index (χ0n) is 12.2. The Hall–Kier alpha value is -1.00. The summed E-state index contributed by atoms with van der Waals surface area (Å²) in [6.45, 7) is 5.70. The number of hydrogen-bond acceptors (Lipinski definition) is 3. The Morgan fingerprint density at radius 2 is 2.05 bits per heavy atom. The number of benzene rings is 1. The van der Waals surface area contributed by atoms with E-state index in [1.165, 1.54) is 11.1 Å². The molecule has 0 spiro atoms. The van der Waals surface area contributed by atoms with Crippen molar-refractivity contribution in [1.82, 2.24) is 4.90 Å². The van der Waals surface area contributed by atoms with E-state index in [4.69, 9.17) is 5.11 Å². The van der Waals surface area contributed by atoms with Crippen molar-refractivity contribution in [2.45, 2.75) is 32.1 Å². The van der Waals surface area contributed by atoms with Gasteiger partial charge in [0.2, 0.25) is 5.91 Å². The normalized spacial score (nSPS) is 17.4. The molecule has 1 aliphatic heterocycles. The molecule has 1 heterocycles. The number of thioether (sulfide) groups is 1. The van der Waals surface area contributed by atoms with Gasteiger partial charge in [-0.25, -0.2) is 0 Å². The number of carbonyl (C=O) groups excluding carboxylic acids is 1. The molecule has 2 rings (SSSR count). The highest BCUT2D eigenvalue weighted by atomic mass is 32.2. The van der Waals surface area contributed by atoms with Crippen molar-refractivity contribution in [2.75, 3.05) is 18.9 Å². The molecule has 2 unspecified atom stereocenters. The first-order valence-corrected chi connectivity index (χ1v) is 8.24. The summed E-state index contributed by atoms with van der Waals surface area (Å²) in [7, 11) is 0. The third-order valence-electron chi connectivity index (χ3n) is 3.73. The van der Waals surface area contributed by atoms with E-state index in [0.29, 0.717) is 0 Å². The number of nitrogens with zero attached hydrogens (tertiary/aromatic N) is 1. The zero-order valence-corrected chi connectivity index (χ0v) is 13.0. The van der Waals surface area contributed by atoms with E-state index in [0.717, 1.165) is 25.3 Å². The second kappa shape index (κ2) is 7.14. The first kappa shape index (κ1) is 15.4. The molecule has 20 heavy (non-hydrogen) atoms. The molecular formula is C16H23NO2S. The zero-order chi connectivity index (χ0) is 14.5. The molecule has 0 aromatic heterocycles. The summed E-state index contributed by atoms with van der Waals surface area (Å²) in [6.07, 6.45) is 0.951. The number of aliphatic hydroxyl groups excluding tert-OH is 1. The van der Waals surface area contributed by atoms with E-state index >= 15 is 0 Å². The Balaban J connectivity index is 1.91. The van der Waals surface area contributed by atoms with Crippen LogP contribution in [0, 0.1) is 5.92 Å². The number of fused-ring (bicyclic) bond motifs is 1. The maximum Gasteiger partial charge on any atom is 0.235 e. The molecule has 1 aromatic rings. The number of carbonyl (C=O) groups is 1. The van der Waals surface area contributed by atoms with Gasteiger partial charge >= 0.3 is 0 Å². The topological polar surface area (TPSA) is 40.5 Å². The molecule has 0 saturated carbocycles. The van der Waals surface area contributed by atoms with Crippen LogP contribution in [0.1, 0.15) is 25.0 Å². The molecule has 1 N–H and O–H groups in total. The van der Waals surface area contributed by atoms with Crippen molar-refractivity contribution in [2.24, 2.45) is 5.92 Å². The number of amides is 1. The highest BCUT2D eigenvalue weighted by Crippen LogP contribution is 2.22. The summed E-state index contributed by atoms with van der Waals surface area (Å²) in [6, 6.07) is 8.36. The van der Waals surface area contributed by atoms with Crippen molar-refractivity contribution in [3.8, 4) is 0 Å². The molecule has 1 aliphatic rings. The lowest BCUT2D eigenvalue weighted by Crippen LogP contribution is -2.40. The van der Waals surface area contributed by atoms with Crippen LogP contribution in [0.25, 0.3) is 0 Å². The van der Waals surface area contributed by atoms with E-state index in [2.05, 4.69) is 18.2 Å². The molecule has 1 aromatic carbocycles. The van der Waals surface area contributed by atoms with Gasteiger partial charge in [-0.05, 0) is 36.1 Å². The molecule has 0 aliphatic carbocycles. The minimum atomic E-state index is -0.0331. The summed E-state index contributed by atoms with van der Waals surface area (Å²) in [5, 5.41) is 9.00. The molecule has 2 atom stereocenters. The highest BCUT2D eigenvalue weighted by Gasteiger charge is 2.24. The van der Waals surface area contributed by atoms with Crippen molar-refractivity contribution in [3.63, 3.8) is 0 Å². The average molecular weight is 293 g/mol. The third kappa shape index (κ3) is 3.76. The first-order chi connectivity index (χ1) is 9.61. The van der Waals surface area contributed by atoms with E-state index in [1.807, 2.05) is 24.8 Å². The van der Waals surface area contributed by atoms with Crippen molar-refractivity contribution in [1.29, 1.82) is 0 Å². The Morgan fingerprint density at radius 1 is 1.35 bits per heavy atom. The molecule has 0 saturated heterocycles. The fourth-order valence-electron chi connectivity index (χ4n) is 2.37. The Kier molecular flexibility index (Phi) is 5.49. The third-order valence-corrected chi connectivity index (χ3v) is 5.20. The number of rotatable bonds is 5. The van der Waals surface area contributed by atoms with Crippen LogP contribution in [-0.4, -0.2) is 40.1 Å². The molecule has 1 amide bonds. The second-order valence-electron chi connectivity index (χ2n) is 5.54. The predicted molar refractivity (Wildman–Crippen MR) is 83.7 cm³/mol. The minimum absolute atomic E-state index is 0.0331. The quantitative estimate of drug-likeness (QED) is 0.906. The van der Waals surface area contributed by atoms with Crippen LogP contribution < -0.4 is 0 Å². The maximum absolute atomic E-state index is 12.5. The molecule has 110 valence electrons. The molecule has 0 bridgehead atoms. The fraction of sp³-hybridized carbons (Fsp3) is 0.562. The van der Waals surface area contributed by atoms with Gasteiger partial charge in [0.1, 0.15) is 0 Å². The van der Waals surface area contributed by atoms with Crippen molar-refractivity contribution >= 4 is 17.7 Å². The van der Waals surface area contributed by atoms with Crippen LogP contribution >= 0.6 is 11.8 Å². The Bertz CT molecular complexity index is 464. The summed E-state index contributed by atoms with van der Waals surface area (Å²) in [4.78, 5) is 14.4. The number of aliphatic hydroxyl groups is 1. The molecule has 0 fully saturated rings. The smallest absolute Gasteiger partial charge is 0.235 e. The van der Waals surface area contributed by atoms with E-state index in [9.17, 15) is 4.79 Å². The summed E-state index contributed by atoms with van der Waals surface area (Å²) < 4.78 is 0. The van der Waals surface area contributed by atoms with Gasteiger partial charge in [0.15, 0.2) is 0 Å². The van der Waals surface area contributed by atoms with Gasteiger partial charge < -0.3 is 10.0 Å². The molecule has 4 heteroatoms. The van der Waals surface area contributed by atoms with Crippen LogP contribution in [0.4, 0.5) is 0 Å². The van der Waals surface area contributed by atoms with Crippen LogP contribution in [0.5, 0.6) is 0 Å². The van der Waals surface area contributed by atoms with E-state index in [1.54, 1.807) is 11.8 Å². The molecular weight excluding hydrogens is 270 g/mol. The lowest BCUT2D eigenvalue weighted by molar-refractivity contribution is -0.131. The monoisotopic (exact) mass is 293 g/mol. The minimum Gasteiger partial charge on any atom is -0.396 e. The largest absolute Gasteiger partial charge is 0.396 e. The second-order valence-corrected chi connectivity index (χ2v) is 6.92. The van der Waals surface area contributed by atoms with Gasteiger partial charge in [0.25, 0.3) is 0 Å². The van der Waals surface area contributed by atoms with Crippen molar-refractivity contribution < 1.29 is 9.90 Å². The predicted octanol–water partition coefficient (Wildman–Crippen LogP) is 2.32. The number of hydrogen-bond donors (Lipinski definition) is 1. The van der Waals surface area contributed by atoms with Crippen LogP contribution in [0.2, 0.25) is 0 Å². The van der Waals surface area contributed by atoms with Crippen LogP contribution in [0.15, 0.2) is 24.3 Å². The summed E-state index contributed by atoms with van der Waals surface area (Å²) in [5.41, 5.74) is 2.64. The molecule has 0 radical (unpaired) electrons. The summed E-state index contributed by atoms with van der Waals surface area (Å²) in [5.74, 6) is 1.29. The maximum atomic E-state index is 12.5. The fourth-order valence-corrected chi connectivity index (χ4v) is 3.39.